The molecule has 0 radical (unpaired) electrons. The van der Waals surface area contributed by atoms with Gasteiger partial charge in [-0.2, -0.15) is 0 Å². The van der Waals surface area contributed by atoms with Crippen LogP contribution in [0.1, 0.15) is 39.0 Å². The zero-order valence-corrected chi connectivity index (χ0v) is 8.08. The maximum Gasteiger partial charge on any atom is 0.306 e. The molecule has 0 aliphatic heterocycles. The van der Waals surface area contributed by atoms with E-state index in [1.165, 1.54) is 0 Å². The Morgan fingerprint density at radius 2 is 2.46 bits per heavy atom. The molecule has 0 heterocycles. The van der Waals surface area contributed by atoms with Gasteiger partial charge >= 0.3 is 5.97 Å². The maximum absolute atomic E-state index is 11.0. The molecule has 0 saturated heterocycles. The number of hydrogen-bond acceptors (Lipinski definition) is 3. The van der Waals surface area contributed by atoms with Gasteiger partial charge in [-0.3, -0.25) is 4.79 Å². The summed E-state index contributed by atoms with van der Waals surface area (Å²) in [5, 5.41) is 0. The first-order valence-electron chi connectivity index (χ1n) is 4.89. The minimum atomic E-state index is -0.171. The predicted molar refractivity (Wildman–Crippen MR) is 50.9 cm³/mol. The van der Waals surface area contributed by atoms with Crippen LogP contribution in [-0.2, 0) is 9.53 Å². The van der Waals surface area contributed by atoms with Gasteiger partial charge in [-0.25, -0.2) is 0 Å². The fourth-order valence-electron chi connectivity index (χ4n) is 1.41. The van der Waals surface area contributed by atoms with E-state index < -0.39 is 0 Å². The number of ether oxygens (including phenoxy) is 1. The second-order valence-corrected chi connectivity index (χ2v) is 3.32. The van der Waals surface area contributed by atoms with Gasteiger partial charge in [0.2, 0.25) is 0 Å². The van der Waals surface area contributed by atoms with E-state index >= 15 is 0 Å². The van der Waals surface area contributed by atoms with Gasteiger partial charge in [-0.15, -0.1) is 0 Å². The second-order valence-electron chi connectivity index (χ2n) is 3.32. The molecule has 0 bridgehead atoms. The number of nitrogens with two attached hydrogens (primary N) is 1. The van der Waals surface area contributed by atoms with Crippen molar-refractivity contribution >= 4 is 5.97 Å². The van der Waals surface area contributed by atoms with Crippen molar-refractivity contribution in [1.82, 2.24) is 0 Å². The molecule has 0 aromatic heterocycles. The fourth-order valence-corrected chi connectivity index (χ4v) is 1.41. The zero-order chi connectivity index (χ0) is 9.68. The van der Waals surface area contributed by atoms with E-state index in [4.69, 9.17) is 10.5 Å². The average Bonchev–Trinajstić information content (AvgIpc) is 2.32. The molecule has 1 rings (SSSR count). The van der Waals surface area contributed by atoms with Crippen molar-refractivity contribution in [2.24, 2.45) is 5.73 Å². The lowest BCUT2D eigenvalue weighted by atomic mass is 10.1. The van der Waals surface area contributed by atoms with Crippen molar-refractivity contribution in [2.45, 2.75) is 45.1 Å². The third-order valence-corrected chi connectivity index (χ3v) is 2.23. The lowest BCUT2D eigenvalue weighted by molar-refractivity contribution is -0.147. The van der Waals surface area contributed by atoms with E-state index in [0.717, 1.165) is 31.4 Å². The van der Waals surface area contributed by atoms with Crippen LogP contribution in [0.3, 0.4) is 0 Å². The largest absolute Gasteiger partial charge is 0.456 e. The van der Waals surface area contributed by atoms with Crippen molar-refractivity contribution in [3.8, 4) is 0 Å². The van der Waals surface area contributed by atoms with Gasteiger partial charge < -0.3 is 10.5 Å². The van der Waals surface area contributed by atoms with Crippen molar-refractivity contribution in [2.75, 3.05) is 0 Å². The Morgan fingerprint density at radius 1 is 1.69 bits per heavy atom. The van der Waals surface area contributed by atoms with Gasteiger partial charge in [-0.1, -0.05) is 13.0 Å². The zero-order valence-electron chi connectivity index (χ0n) is 8.08. The molecule has 0 amide bonds. The summed E-state index contributed by atoms with van der Waals surface area (Å²) in [5.74, 6) is -0.164. The Kier molecular flexibility index (Phi) is 3.80. The normalized spacial score (nSPS) is 23.2. The summed E-state index contributed by atoms with van der Waals surface area (Å²) < 4.78 is 5.20. The molecule has 1 atom stereocenters. The third-order valence-electron chi connectivity index (χ3n) is 2.23. The van der Waals surface area contributed by atoms with Crippen LogP contribution in [0.5, 0.6) is 0 Å². The fraction of sp³-hybridized carbons (Fsp3) is 0.700. The third kappa shape index (κ3) is 3.09. The number of allylic oxidation sites excluding steroid dienone is 1. The van der Waals surface area contributed by atoms with Gasteiger partial charge in [0.25, 0.3) is 0 Å². The topological polar surface area (TPSA) is 52.3 Å². The van der Waals surface area contributed by atoms with E-state index in [2.05, 4.69) is 0 Å². The van der Waals surface area contributed by atoms with E-state index in [-0.39, 0.29) is 12.1 Å². The van der Waals surface area contributed by atoms with Crippen LogP contribution in [-0.4, -0.2) is 12.1 Å². The van der Waals surface area contributed by atoms with Crippen molar-refractivity contribution in [3.05, 3.63) is 11.8 Å². The van der Waals surface area contributed by atoms with Gasteiger partial charge in [0, 0.05) is 12.1 Å². The Labute approximate surface area is 78.9 Å². The van der Waals surface area contributed by atoms with E-state index in [1.807, 2.05) is 6.08 Å². The van der Waals surface area contributed by atoms with Crippen LogP contribution < -0.4 is 5.73 Å². The smallest absolute Gasteiger partial charge is 0.306 e. The summed E-state index contributed by atoms with van der Waals surface area (Å²) in [5.41, 5.74) is 6.49. The molecule has 0 aromatic carbocycles. The number of rotatable bonds is 2. The SMILES string of the molecule is CCC(=O)OC1CCCCC=C1N. The van der Waals surface area contributed by atoms with Gasteiger partial charge in [-0.05, 0) is 25.7 Å². The minimum Gasteiger partial charge on any atom is -0.456 e. The lowest BCUT2D eigenvalue weighted by Crippen LogP contribution is -2.23. The van der Waals surface area contributed by atoms with Crippen LogP contribution in [0.25, 0.3) is 0 Å². The minimum absolute atomic E-state index is 0.164. The van der Waals surface area contributed by atoms with Gasteiger partial charge in [0.1, 0.15) is 6.10 Å². The molecular formula is C10H17NO2. The standard InChI is InChI=1S/C10H17NO2/c1-2-10(12)13-9-7-5-3-4-6-8(9)11/h6,9H,2-5,7,11H2,1H3. The van der Waals surface area contributed by atoms with Crippen LogP contribution >= 0.6 is 0 Å². The molecule has 0 spiro atoms. The first-order valence-corrected chi connectivity index (χ1v) is 4.89. The first-order chi connectivity index (χ1) is 6.24. The van der Waals surface area contributed by atoms with E-state index in [1.54, 1.807) is 6.92 Å². The van der Waals surface area contributed by atoms with Gasteiger partial charge in [0.05, 0.1) is 0 Å². The molecule has 0 saturated carbocycles. The summed E-state index contributed by atoms with van der Waals surface area (Å²) >= 11 is 0. The molecule has 1 unspecified atom stereocenters. The number of carbonyl (C=O) groups excluding carboxylic acids is 1. The van der Waals surface area contributed by atoms with E-state index in [9.17, 15) is 4.79 Å². The quantitative estimate of drug-likeness (QED) is 0.663. The molecule has 1 aliphatic carbocycles. The van der Waals surface area contributed by atoms with Gasteiger partial charge in [0.15, 0.2) is 0 Å². The summed E-state index contributed by atoms with van der Waals surface area (Å²) in [7, 11) is 0. The predicted octanol–water partition coefficient (Wildman–Crippen LogP) is 1.72. The van der Waals surface area contributed by atoms with Crippen molar-refractivity contribution < 1.29 is 9.53 Å². The molecule has 3 nitrogen and oxygen atoms in total. The molecule has 74 valence electrons. The Balaban J connectivity index is 2.50. The number of carbonyl (C=O) groups is 1. The summed E-state index contributed by atoms with van der Waals surface area (Å²) in [6.45, 7) is 1.79. The average molecular weight is 183 g/mol. The Morgan fingerprint density at radius 3 is 3.15 bits per heavy atom. The highest BCUT2D eigenvalue weighted by Gasteiger charge is 2.17. The summed E-state index contributed by atoms with van der Waals surface area (Å²) in [6.07, 6.45) is 6.32. The highest BCUT2D eigenvalue weighted by molar-refractivity contribution is 5.69. The highest BCUT2D eigenvalue weighted by Crippen LogP contribution is 2.17. The molecule has 1 aliphatic rings. The maximum atomic E-state index is 11.0. The summed E-state index contributed by atoms with van der Waals surface area (Å²) in [4.78, 5) is 11.0. The molecule has 3 heteroatoms. The molecule has 13 heavy (non-hydrogen) atoms. The van der Waals surface area contributed by atoms with Crippen molar-refractivity contribution in [1.29, 1.82) is 0 Å². The van der Waals surface area contributed by atoms with Crippen LogP contribution in [0.4, 0.5) is 0 Å². The molecule has 0 fully saturated rings. The number of hydrogen-bond donors (Lipinski definition) is 1. The number of esters is 1. The Hall–Kier alpha value is -0.990. The summed E-state index contributed by atoms with van der Waals surface area (Å²) in [6, 6.07) is 0. The molecule has 0 aromatic rings. The molecule has 2 N–H and O–H groups in total. The highest BCUT2D eigenvalue weighted by atomic mass is 16.5. The lowest BCUT2D eigenvalue weighted by Gasteiger charge is -2.15. The van der Waals surface area contributed by atoms with Crippen LogP contribution in [0.2, 0.25) is 0 Å². The van der Waals surface area contributed by atoms with Crippen LogP contribution in [0, 0.1) is 0 Å². The Bertz CT molecular complexity index is 211. The van der Waals surface area contributed by atoms with E-state index in [0.29, 0.717) is 6.42 Å². The first kappa shape index (κ1) is 10.1. The molecular weight excluding hydrogens is 166 g/mol. The van der Waals surface area contributed by atoms with Crippen molar-refractivity contribution in [3.63, 3.8) is 0 Å². The van der Waals surface area contributed by atoms with Crippen LogP contribution in [0.15, 0.2) is 11.8 Å². The monoisotopic (exact) mass is 183 g/mol. The second kappa shape index (κ2) is 4.90.